The molecule has 136 valence electrons. The van der Waals surface area contributed by atoms with E-state index in [4.69, 9.17) is 14.2 Å². The molecule has 1 fully saturated rings. The number of benzene rings is 2. The van der Waals surface area contributed by atoms with Gasteiger partial charge in [-0.1, -0.05) is 0 Å². The van der Waals surface area contributed by atoms with Crippen LogP contribution in [0.2, 0.25) is 0 Å². The van der Waals surface area contributed by atoms with Gasteiger partial charge in [0.15, 0.2) is 23.1 Å². The lowest BCUT2D eigenvalue weighted by molar-refractivity contribution is 0.0594. The number of piperidine rings is 1. The van der Waals surface area contributed by atoms with Crippen LogP contribution in [0.5, 0.6) is 17.2 Å². The van der Waals surface area contributed by atoms with Gasteiger partial charge in [0, 0.05) is 37.6 Å². The van der Waals surface area contributed by atoms with Crippen LogP contribution in [0.25, 0.3) is 0 Å². The second-order valence-corrected chi connectivity index (χ2v) is 6.25. The van der Waals surface area contributed by atoms with E-state index in [0.717, 1.165) is 12.1 Å². The third-order valence-electron chi connectivity index (χ3n) is 4.54. The van der Waals surface area contributed by atoms with E-state index in [1.54, 1.807) is 23.1 Å². The molecule has 1 saturated heterocycles. The molecular weight excluding hydrogens is 344 g/mol. The van der Waals surface area contributed by atoms with Crippen LogP contribution in [-0.2, 0) is 0 Å². The van der Waals surface area contributed by atoms with Gasteiger partial charge >= 0.3 is 0 Å². The van der Waals surface area contributed by atoms with Gasteiger partial charge in [0.2, 0.25) is 6.79 Å². The molecule has 1 amide bonds. The normalized spacial score (nSPS) is 16.6. The Morgan fingerprint density at radius 3 is 2.54 bits per heavy atom. The predicted octanol–water partition coefficient (Wildman–Crippen LogP) is 3.38. The number of likely N-dealkylation sites (tertiary alicyclic amines) is 1. The van der Waals surface area contributed by atoms with Crippen LogP contribution in [-0.4, -0.2) is 36.8 Å². The van der Waals surface area contributed by atoms with E-state index in [1.807, 2.05) is 0 Å². The molecule has 2 heterocycles. The first-order valence-electron chi connectivity index (χ1n) is 8.41. The third kappa shape index (κ3) is 3.29. The van der Waals surface area contributed by atoms with Crippen molar-refractivity contribution in [3.63, 3.8) is 0 Å². The quantitative estimate of drug-likeness (QED) is 0.841. The molecule has 0 bridgehead atoms. The molecular formula is C19H17F2NO4. The molecule has 0 N–H and O–H groups in total. The summed E-state index contributed by atoms with van der Waals surface area (Å²) in [7, 11) is 0. The number of rotatable bonds is 3. The fourth-order valence-corrected chi connectivity index (χ4v) is 3.13. The highest BCUT2D eigenvalue weighted by atomic mass is 19.2. The Labute approximate surface area is 149 Å². The largest absolute Gasteiger partial charge is 0.490 e. The summed E-state index contributed by atoms with van der Waals surface area (Å²) in [5, 5.41) is 0. The smallest absolute Gasteiger partial charge is 0.253 e. The van der Waals surface area contributed by atoms with Crippen LogP contribution in [0, 0.1) is 11.6 Å². The van der Waals surface area contributed by atoms with E-state index in [2.05, 4.69) is 0 Å². The first-order valence-corrected chi connectivity index (χ1v) is 8.41. The van der Waals surface area contributed by atoms with E-state index < -0.39 is 11.6 Å². The van der Waals surface area contributed by atoms with Crippen LogP contribution >= 0.6 is 0 Å². The second-order valence-electron chi connectivity index (χ2n) is 6.25. The van der Waals surface area contributed by atoms with Crippen molar-refractivity contribution in [2.45, 2.75) is 18.9 Å². The number of carbonyl (C=O) groups excluding carboxylic acids is 1. The first kappa shape index (κ1) is 16.6. The summed E-state index contributed by atoms with van der Waals surface area (Å²) in [4.78, 5) is 14.4. The van der Waals surface area contributed by atoms with Gasteiger partial charge < -0.3 is 19.1 Å². The molecule has 2 aromatic rings. The molecule has 7 heteroatoms. The zero-order valence-electron chi connectivity index (χ0n) is 13.9. The first-order chi connectivity index (χ1) is 12.6. The van der Waals surface area contributed by atoms with Crippen molar-refractivity contribution in [2.75, 3.05) is 19.9 Å². The predicted molar refractivity (Wildman–Crippen MR) is 88.5 cm³/mol. The summed E-state index contributed by atoms with van der Waals surface area (Å²) in [6.07, 6.45) is 1.10. The summed E-state index contributed by atoms with van der Waals surface area (Å²) in [5.41, 5.74) is 0.550. The Morgan fingerprint density at radius 1 is 1.00 bits per heavy atom. The van der Waals surface area contributed by atoms with E-state index in [9.17, 15) is 13.6 Å². The van der Waals surface area contributed by atoms with E-state index in [0.29, 0.717) is 48.7 Å². The molecule has 0 aromatic heterocycles. The molecule has 0 atom stereocenters. The summed E-state index contributed by atoms with van der Waals surface area (Å²) in [5.74, 6) is -0.397. The van der Waals surface area contributed by atoms with Gasteiger partial charge in [-0.3, -0.25) is 4.79 Å². The van der Waals surface area contributed by atoms with Gasteiger partial charge in [-0.25, -0.2) is 8.78 Å². The maximum Gasteiger partial charge on any atom is 0.253 e. The zero-order valence-corrected chi connectivity index (χ0v) is 13.9. The SMILES string of the molecule is O=C(c1ccc2c(c1)OCO2)N1CCC(Oc2ccc(F)c(F)c2)CC1. The average molecular weight is 361 g/mol. The van der Waals surface area contributed by atoms with E-state index in [-0.39, 0.29) is 18.8 Å². The van der Waals surface area contributed by atoms with Gasteiger partial charge in [-0.2, -0.15) is 0 Å². The van der Waals surface area contributed by atoms with Crippen molar-refractivity contribution in [3.05, 3.63) is 53.6 Å². The van der Waals surface area contributed by atoms with Crippen LogP contribution in [0.1, 0.15) is 23.2 Å². The number of fused-ring (bicyclic) bond motifs is 1. The number of ether oxygens (including phenoxy) is 3. The minimum Gasteiger partial charge on any atom is -0.490 e. The van der Waals surface area contributed by atoms with Crippen molar-refractivity contribution in [3.8, 4) is 17.2 Å². The lowest BCUT2D eigenvalue weighted by atomic mass is 10.1. The molecule has 0 aliphatic carbocycles. The Kier molecular flexibility index (Phi) is 4.36. The minimum atomic E-state index is -0.932. The highest BCUT2D eigenvalue weighted by molar-refractivity contribution is 5.95. The van der Waals surface area contributed by atoms with Crippen molar-refractivity contribution in [1.29, 1.82) is 0 Å². The lowest BCUT2D eigenvalue weighted by Crippen LogP contribution is -2.41. The number of hydrogen-bond donors (Lipinski definition) is 0. The summed E-state index contributed by atoms with van der Waals surface area (Å²) in [6, 6.07) is 8.63. The number of halogens is 2. The Morgan fingerprint density at radius 2 is 1.77 bits per heavy atom. The fraction of sp³-hybridized carbons (Fsp3) is 0.316. The van der Waals surface area contributed by atoms with Crippen LogP contribution in [0.15, 0.2) is 36.4 Å². The van der Waals surface area contributed by atoms with Gasteiger partial charge in [0.05, 0.1) is 0 Å². The van der Waals surface area contributed by atoms with Crippen LogP contribution < -0.4 is 14.2 Å². The van der Waals surface area contributed by atoms with Crippen LogP contribution in [0.4, 0.5) is 8.78 Å². The molecule has 0 unspecified atom stereocenters. The van der Waals surface area contributed by atoms with Gasteiger partial charge in [-0.15, -0.1) is 0 Å². The summed E-state index contributed by atoms with van der Waals surface area (Å²) >= 11 is 0. The van der Waals surface area contributed by atoms with E-state index in [1.165, 1.54) is 6.07 Å². The molecule has 0 saturated carbocycles. The van der Waals surface area contributed by atoms with Crippen molar-refractivity contribution in [1.82, 2.24) is 4.90 Å². The number of amides is 1. The molecule has 4 rings (SSSR count). The Hall–Kier alpha value is -2.83. The van der Waals surface area contributed by atoms with Gasteiger partial charge in [0.1, 0.15) is 11.9 Å². The fourth-order valence-electron chi connectivity index (χ4n) is 3.13. The molecule has 2 aliphatic rings. The summed E-state index contributed by atoms with van der Waals surface area (Å²) in [6.45, 7) is 1.23. The van der Waals surface area contributed by atoms with Gasteiger partial charge in [-0.05, 0) is 30.3 Å². The topological polar surface area (TPSA) is 48.0 Å². The third-order valence-corrected chi connectivity index (χ3v) is 4.54. The number of nitrogens with zero attached hydrogens (tertiary/aromatic N) is 1. The van der Waals surface area contributed by atoms with Crippen LogP contribution in [0.3, 0.4) is 0 Å². The molecule has 2 aliphatic heterocycles. The monoisotopic (exact) mass is 361 g/mol. The molecule has 26 heavy (non-hydrogen) atoms. The molecule has 0 spiro atoms. The standard InChI is InChI=1S/C19H17F2NO4/c20-15-3-2-14(10-16(15)21)26-13-5-7-22(8-6-13)19(23)12-1-4-17-18(9-12)25-11-24-17/h1-4,9-10,13H,5-8,11H2. The van der Waals surface area contributed by atoms with Crippen molar-refractivity contribution < 1.29 is 27.8 Å². The molecule has 0 radical (unpaired) electrons. The molecule has 5 nitrogen and oxygen atoms in total. The van der Waals surface area contributed by atoms with Gasteiger partial charge in [0.25, 0.3) is 5.91 Å². The Bertz CT molecular complexity index is 834. The number of carbonyl (C=O) groups is 1. The maximum atomic E-state index is 13.3. The van der Waals surface area contributed by atoms with Crippen molar-refractivity contribution >= 4 is 5.91 Å². The highest BCUT2D eigenvalue weighted by Crippen LogP contribution is 2.33. The van der Waals surface area contributed by atoms with E-state index >= 15 is 0 Å². The Balaban J connectivity index is 1.35. The maximum absolute atomic E-state index is 13.3. The lowest BCUT2D eigenvalue weighted by Gasteiger charge is -2.32. The average Bonchev–Trinajstić information content (AvgIpc) is 3.12. The minimum absolute atomic E-state index is 0.0745. The number of hydrogen-bond acceptors (Lipinski definition) is 4. The zero-order chi connectivity index (χ0) is 18.1. The highest BCUT2D eigenvalue weighted by Gasteiger charge is 2.26. The summed E-state index contributed by atoms with van der Waals surface area (Å²) < 4.78 is 42.5. The van der Waals surface area contributed by atoms with Crippen molar-refractivity contribution in [2.24, 2.45) is 0 Å². The molecule has 2 aromatic carbocycles. The second kappa shape index (κ2) is 6.82.